The topological polar surface area (TPSA) is 122 Å². The van der Waals surface area contributed by atoms with Crippen molar-refractivity contribution in [2.75, 3.05) is 33.2 Å². The van der Waals surface area contributed by atoms with E-state index in [9.17, 15) is 9.59 Å². The van der Waals surface area contributed by atoms with Gasteiger partial charge < -0.3 is 25.0 Å². The molecule has 2 aliphatic heterocycles. The number of nitriles is 1. The Labute approximate surface area is 223 Å². The molecule has 2 fully saturated rings. The minimum atomic E-state index is -0.588. The number of carbonyl (C=O) groups is 2. The van der Waals surface area contributed by atoms with Crippen molar-refractivity contribution in [1.29, 1.82) is 5.26 Å². The minimum absolute atomic E-state index is 0.148. The second-order valence-electron chi connectivity index (χ2n) is 10.3. The maximum absolute atomic E-state index is 12.3. The van der Waals surface area contributed by atoms with Gasteiger partial charge in [0.05, 0.1) is 29.8 Å². The van der Waals surface area contributed by atoms with Gasteiger partial charge in [0.15, 0.2) is 0 Å². The van der Waals surface area contributed by atoms with Gasteiger partial charge in [-0.1, -0.05) is 11.8 Å². The summed E-state index contributed by atoms with van der Waals surface area (Å²) in [6.07, 6.45) is 4.63. The summed E-state index contributed by atoms with van der Waals surface area (Å²) >= 11 is 0. The standard InChI is InChI=1S/C29H35N5O4/c1-19(2)37-26-16-24-23(15-25(26)28(31)36)21(7-6-20-9-13-33(3)14-10-20)17-32-29(24)38-22-5-4-12-34(18-22)27(35)8-11-30/h15-17,19-20,22H,4-5,8-10,12-14,18H2,1-3H3,(H2,31,36). The number of nitrogens with two attached hydrogens (primary N) is 1. The largest absolute Gasteiger partial charge is 0.490 e. The number of benzene rings is 1. The first-order valence-electron chi connectivity index (χ1n) is 13.2. The van der Waals surface area contributed by atoms with E-state index in [-0.39, 0.29) is 30.1 Å². The lowest BCUT2D eigenvalue weighted by atomic mass is 9.96. The molecule has 3 heterocycles. The van der Waals surface area contributed by atoms with Gasteiger partial charge >= 0.3 is 0 Å². The summed E-state index contributed by atoms with van der Waals surface area (Å²) in [4.78, 5) is 33.2. The van der Waals surface area contributed by atoms with Crippen LogP contribution in [0.4, 0.5) is 0 Å². The van der Waals surface area contributed by atoms with Crippen LogP contribution in [0.15, 0.2) is 18.3 Å². The number of amides is 2. The van der Waals surface area contributed by atoms with Crippen molar-refractivity contribution in [3.8, 4) is 29.5 Å². The van der Waals surface area contributed by atoms with Crippen LogP contribution in [0.3, 0.4) is 0 Å². The van der Waals surface area contributed by atoms with Gasteiger partial charge in [0.1, 0.15) is 18.3 Å². The Morgan fingerprint density at radius 3 is 2.63 bits per heavy atom. The van der Waals surface area contributed by atoms with Crippen molar-refractivity contribution in [3.05, 3.63) is 29.5 Å². The fourth-order valence-electron chi connectivity index (χ4n) is 4.91. The molecule has 0 aliphatic carbocycles. The lowest BCUT2D eigenvalue weighted by molar-refractivity contribution is -0.132. The molecule has 2 N–H and O–H groups in total. The van der Waals surface area contributed by atoms with Crippen LogP contribution in [0, 0.1) is 29.1 Å². The van der Waals surface area contributed by atoms with E-state index >= 15 is 0 Å². The quantitative estimate of drug-likeness (QED) is 0.584. The average molecular weight is 518 g/mol. The van der Waals surface area contributed by atoms with Crippen molar-refractivity contribution in [2.24, 2.45) is 11.7 Å². The molecular weight excluding hydrogens is 482 g/mol. The Bertz CT molecular complexity index is 1300. The van der Waals surface area contributed by atoms with Gasteiger partial charge in [-0.05, 0) is 71.8 Å². The Kier molecular flexibility index (Phi) is 8.70. The summed E-state index contributed by atoms with van der Waals surface area (Å²) < 4.78 is 12.3. The number of fused-ring (bicyclic) bond motifs is 1. The fourth-order valence-corrected chi connectivity index (χ4v) is 4.91. The smallest absolute Gasteiger partial charge is 0.252 e. The van der Waals surface area contributed by atoms with Crippen molar-refractivity contribution in [1.82, 2.24) is 14.8 Å². The Hall–Kier alpha value is -3.82. The normalized spacial score (nSPS) is 18.5. The van der Waals surface area contributed by atoms with Crippen LogP contribution in [0.2, 0.25) is 0 Å². The molecule has 2 saturated heterocycles. The molecular formula is C29H35N5O4. The zero-order valence-electron chi connectivity index (χ0n) is 22.3. The van der Waals surface area contributed by atoms with Gasteiger partial charge in [0.2, 0.25) is 11.8 Å². The van der Waals surface area contributed by atoms with Crippen molar-refractivity contribution in [3.63, 3.8) is 0 Å². The third-order valence-electron chi connectivity index (χ3n) is 6.95. The third-order valence-corrected chi connectivity index (χ3v) is 6.95. The van der Waals surface area contributed by atoms with Crippen molar-refractivity contribution in [2.45, 2.75) is 58.2 Å². The maximum atomic E-state index is 12.3. The highest BCUT2D eigenvalue weighted by molar-refractivity contribution is 6.03. The van der Waals surface area contributed by atoms with Gasteiger partial charge in [0.25, 0.3) is 5.91 Å². The number of piperidine rings is 2. The van der Waals surface area contributed by atoms with Crippen LogP contribution in [-0.4, -0.2) is 72.0 Å². The van der Waals surface area contributed by atoms with Gasteiger partial charge in [-0.2, -0.15) is 5.26 Å². The van der Waals surface area contributed by atoms with Crippen LogP contribution in [0.25, 0.3) is 10.8 Å². The highest BCUT2D eigenvalue weighted by Gasteiger charge is 2.26. The van der Waals surface area contributed by atoms with Crippen LogP contribution >= 0.6 is 0 Å². The van der Waals surface area contributed by atoms with E-state index in [1.165, 1.54) is 0 Å². The molecule has 0 saturated carbocycles. The Balaban J connectivity index is 1.72. The highest BCUT2D eigenvalue weighted by atomic mass is 16.5. The maximum Gasteiger partial charge on any atom is 0.252 e. The predicted molar refractivity (Wildman–Crippen MR) is 144 cm³/mol. The lowest BCUT2D eigenvalue weighted by Crippen LogP contribution is -2.44. The van der Waals surface area contributed by atoms with Gasteiger partial charge in [0, 0.05) is 29.4 Å². The molecule has 0 spiro atoms. The number of nitrogens with zero attached hydrogens (tertiary/aromatic N) is 4. The monoisotopic (exact) mass is 517 g/mol. The molecule has 9 nitrogen and oxygen atoms in total. The van der Waals surface area contributed by atoms with E-state index in [4.69, 9.17) is 20.5 Å². The summed E-state index contributed by atoms with van der Waals surface area (Å²) in [7, 11) is 2.12. The molecule has 38 heavy (non-hydrogen) atoms. The van der Waals surface area contributed by atoms with E-state index in [1.807, 2.05) is 19.9 Å². The van der Waals surface area contributed by atoms with Crippen LogP contribution in [0.1, 0.15) is 61.9 Å². The molecule has 2 amide bonds. The molecule has 1 aromatic carbocycles. The highest BCUT2D eigenvalue weighted by Crippen LogP contribution is 2.34. The third kappa shape index (κ3) is 6.54. The Morgan fingerprint density at radius 1 is 1.18 bits per heavy atom. The molecule has 1 atom stereocenters. The molecule has 1 unspecified atom stereocenters. The number of hydrogen-bond donors (Lipinski definition) is 1. The summed E-state index contributed by atoms with van der Waals surface area (Å²) in [5.74, 6) is 6.97. The summed E-state index contributed by atoms with van der Waals surface area (Å²) in [6, 6.07) is 5.39. The van der Waals surface area contributed by atoms with Gasteiger partial charge in [-0.15, -0.1) is 0 Å². The average Bonchev–Trinajstić information content (AvgIpc) is 2.88. The number of pyridine rings is 1. The molecule has 200 valence electrons. The number of hydrogen-bond acceptors (Lipinski definition) is 7. The SMILES string of the molecule is CC(C)Oc1cc2c(OC3CCCN(C(=O)CC#N)C3)ncc(C#CC3CCN(C)CC3)c2cc1C(N)=O. The number of aromatic nitrogens is 1. The van der Waals surface area contributed by atoms with Crippen LogP contribution < -0.4 is 15.2 Å². The molecule has 1 aromatic heterocycles. The van der Waals surface area contributed by atoms with Crippen LogP contribution in [-0.2, 0) is 4.79 Å². The second kappa shape index (κ2) is 12.1. The van der Waals surface area contributed by atoms with E-state index < -0.39 is 5.91 Å². The fraction of sp³-hybridized carbons (Fsp3) is 0.517. The Morgan fingerprint density at radius 2 is 1.95 bits per heavy atom. The molecule has 2 aliphatic rings. The van der Waals surface area contributed by atoms with E-state index in [0.717, 1.165) is 38.8 Å². The minimum Gasteiger partial charge on any atom is -0.490 e. The molecule has 4 rings (SSSR count). The molecule has 0 bridgehead atoms. The molecule has 2 aromatic rings. The zero-order valence-corrected chi connectivity index (χ0v) is 22.3. The number of primary amides is 1. The van der Waals surface area contributed by atoms with Crippen LogP contribution in [0.5, 0.6) is 11.6 Å². The van der Waals surface area contributed by atoms with E-state index in [2.05, 4.69) is 28.8 Å². The number of rotatable bonds is 6. The lowest BCUT2D eigenvalue weighted by Gasteiger charge is -2.32. The number of likely N-dealkylation sites (tertiary alicyclic amines) is 2. The van der Waals surface area contributed by atoms with Gasteiger partial charge in [-0.3, -0.25) is 9.59 Å². The predicted octanol–water partition coefficient (Wildman–Crippen LogP) is 3.10. The number of carbonyl (C=O) groups excluding carboxylic acids is 2. The van der Waals surface area contributed by atoms with Crippen molar-refractivity contribution >= 4 is 22.6 Å². The van der Waals surface area contributed by atoms with Crippen molar-refractivity contribution < 1.29 is 19.1 Å². The van der Waals surface area contributed by atoms with E-state index in [0.29, 0.717) is 47.0 Å². The summed E-state index contributed by atoms with van der Waals surface area (Å²) in [6.45, 7) is 6.78. The zero-order chi connectivity index (χ0) is 27.2. The first-order valence-corrected chi connectivity index (χ1v) is 13.2. The first kappa shape index (κ1) is 27.2. The summed E-state index contributed by atoms with van der Waals surface area (Å²) in [5, 5.41) is 10.3. The molecule has 0 radical (unpaired) electrons. The van der Waals surface area contributed by atoms with E-state index in [1.54, 1.807) is 23.2 Å². The second-order valence-corrected chi connectivity index (χ2v) is 10.3. The summed E-state index contributed by atoms with van der Waals surface area (Å²) in [5.41, 5.74) is 6.69. The molecule has 9 heteroatoms. The van der Waals surface area contributed by atoms with Gasteiger partial charge in [-0.25, -0.2) is 4.98 Å². The first-order chi connectivity index (χ1) is 18.2. The number of ether oxygens (including phenoxy) is 2.